The smallest absolute Gasteiger partial charge is 0.378 e. The second-order valence-corrected chi connectivity index (χ2v) is 16.4. The fraction of sp³-hybridized carbons (Fsp3) is 0.419. The molecular formula is C43H44F7N9O3. The standard InChI is InChI=1S/C43H44F7N9O3/c1-23-24(2)42(46,47)38-34(23)37(43(48,49)50)54-59(38)22-33(60)52-32(20-25-18-26(44)21-27(45)19-25)35-29(11-10-28(51-35)12-13-41(3,4)62)30-8-7-9-31-36(30)57(6)55-39(31)53-40(61)58-16-14-56(5)15-17-58/h7-11,18-19,21,23-24,32,62H,14-17,20,22H2,1-6H3,(H,52,60)(H,53,55,61)/t23-,24+,32-/m0/s1. The highest BCUT2D eigenvalue weighted by Gasteiger charge is 2.57. The molecule has 5 aromatic rings. The second kappa shape index (κ2) is 16.4. The molecular weight excluding hydrogens is 824 g/mol. The van der Waals surface area contributed by atoms with Crippen LogP contribution >= 0.6 is 0 Å². The summed E-state index contributed by atoms with van der Waals surface area (Å²) in [4.78, 5) is 35.9. The van der Waals surface area contributed by atoms with Crippen molar-refractivity contribution in [3.63, 3.8) is 0 Å². The van der Waals surface area contributed by atoms with Crippen LogP contribution in [0.25, 0.3) is 22.0 Å². The summed E-state index contributed by atoms with van der Waals surface area (Å²) in [5.41, 5.74) is -3.22. The Labute approximate surface area is 352 Å². The number of aliphatic hydroxyl groups is 1. The number of hydrogen-bond acceptors (Lipinski definition) is 7. The lowest BCUT2D eigenvalue weighted by Gasteiger charge is -2.32. The predicted molar refractivity (Wildman–Crippen MR) is 215 cm³/mol. The van der Waals surface area contributed by atoms with Gasteiger partial charge in [-0.1, -0.05) is 31.9 Å². The third-order valence-corrected chi connectivity index (χ3v) is 11.3. The van der Waals surface area contributed by atoms with Crippen molar-refractivity contribution in [2.24, 2.45) is 13.0 Å². The van der Waals surface area contributed by atoms with Crippen molar-refractivity contribution < 1.29 is 45.4 Å². The van der Waals surface area contributed by atoms with Crippen LogP contribution in [0, 0.1) is 29.4 Å². The summed E-state index contributed by atoms with van der Waals surface area (Å²) >= 11 is 0. The molecule has 19 heteroatoms. The maximum Gasteiger partial charge on any atom is 0.435 e. The molecule has 3 amide bonds. The van der Waals surface area contributed by atoms with Crippen molar-refractivity contribution in [2.45, 2.75) is 70.3 Å². The highest BCUT2D eigenvalue weighted by Crippen LogP contribution is 2.55. The Hall–Kier alpha value is -6.00. The van der Waals surface area contributed by atoms with Gasteiger partial charge in [0.25, 0.3) is 5.92 Å². The minimum atomic E-state index is -5.10. The van der Waals surface area contributed by atoms with Gasteiger partial charge in [-0.15, -0.1) is 0 Å². The number of aryl methyl sites for hydroxylation is 1. The number of nitrogens with zero attached hydrogens (tertiary/aromatic N) is 7. The molecule has 0 radical (unpaired) electrons. The lowest BCUT2D eigenvalue weighted by Crippen LogP contribution is -2.48. The van der Waals surface area contributed by atoms with Gasteiger partial charge in [0.1, 0.15) is 35.2 Å². The summed E-state index contributed by atoms with van der Waals surface area (Å²) in [5.74, 6) is -3.78. The first-order chi connectivity index (χ1) is 29.0. The van der Waals surface area contributed by atoms with Gasteiger partial charge in [-0.05, 0) is 75.0 Å². The molecule has 1 saturated heterocycles. The number of alkyl halides is 5. The molecule has 2 aromatic carbocycles. The first kappa shape index (κ1) is 44.1. The summed E-state index contributed by atoms with van der Waals surface area (Å²) in [6.45, 7) is 6.57. The van der Waals surface area contributed by atoms with Crippen LogP contribution in [0.3, 0.4) is 0 Å². The number of halogens is 7. The summed E-state index contributed by atoms with van der Waals surface area (Å²) in [7, 11) is 3.61. The number of carbonyl (C=O) groups excluding carboxylic acids is 2. The maximum absolute atomic E-state index is 15.7. The summed E-state index contributed by atoms with van der Waals surface area (Å²) in [6, 6.07) is 9.32. The van der Waals surface area contributed by atoms with E-state index in [-0.39, 0.29) is 35.2 Å². The molecule has 7 rings (SSSR count). The molecule has 1 aliphatic heterocycles. The second-order valence-electron chi connectivity index (χ2n) is 16.4. The fourth-order valence-electron chi connectivity index (χ4n) is 8.01. The molecule has 4 heterocycles. The Morgan fingerprint density at radius 2 is 1.65 bits per heavy atom. The summed E-state index contributed by atoms with van der Waals surface area (Å²) < 4.78 is 105. The third kappa shape index (κ3) is 8.84. The Balaban J connectivity index is 1.35. The zero-order chi connectivity index (χ0) is 45.1. The van der Waals surface area contributed by atoms with E-state index in [2.05, 4.69) is 37.6 Å². The average molecular weight is 868 g/mol. The Morgan fingerprint density at radius 1 is 0.968 bits per heavy atom. The number of piperazine rings is 1. The first-order valence-electron chi connectivity index (χ1n) is 19.8. The molecule has 3 atom stereocenters. The van der Waals surface area contributed by atoms with Crippen molar-refractivity contribution in [2.75, 3.05) is 38.5 Å². The number of rotatable bonds is 8. The Bertz CT molecular complexity index is 2590. The number of likely N-dealkylation sites (N-methyl/N-ethyl adjacent to an activating group) is 1. The number of aromatic nitrogens is 5. The molecule has 0 unspecified atom stereocenters. The quantitative estimate of drug-likeness (QED) is 0.113. The Kier molecular flexibility index (Phi) is 11.6. The number of carbonyl (C=O) groups is 2. The topological polar surface area (TPSA) is 133 Å². The van der Waals surface area contributed by atoms with E-state index in [9.17, 15) is 36.6 Å². The van der Waals surface area contributed by atoms with Crippen molar-refractivity contribution in [3.05, 3.63) is 94.1 Å². The van der Waals surface area contributed by atoms with Crippen LogP contribution in [0.5, 0.6) is 0 Å². The van der Waals surface area contributed by atoms with E-state index in [0.717, 1.165) is 19.1 Å². The lowest BCUT2D eigenvalue weighted by atomic mass is 9.93. The van der Waals surface area contributed by atoms with Crippen LogP contribution in [0.1, 0.15) is 73.6 Å². The van der Waals surface area contributed by atoms with E-state index in [0.29, 0.717) is 59.0 Å². The van der Waals surface area contributed by atoms with Gasteiger partial charge in [0.2, 0.25) is 5.91 Å². The average Bonchev–Trinajstić information content (AvgIpc) is 3.78. The monoisotopic (exact) mass is 867 g/mol. The molecule has 62 heavy (non-hydrogen) atoms. The number of pyridine rings is 1. The number of nitrogens with one attached hydrogen (secondary N) is 2. The summed E-state index contributed by atoms with van der Waals surface area (Å²) in [5, 5.41) is 24.6. The van der Waals surface area contributed by atoms with Crippen molar-refractivity contribution in [1.29, 1.82) is 0 Å². The minimum absolute atomic E-state index is 0.0368. The van der Waals surface area contributed by atoms with E-state index >= 15 is 8.78 Å². The van der Waals surface area contributed by atoms with Gasteiger partial charge in [0.15, 0.2) is 11.5 Å². The third-order valence-electron chi connectivity index (χ3n) is 11.3. The highest BCUT2D eigenvalue weighted by atomic mass is 19.4. The zero-order valence-corrected chi connectivity index (χ0v) is 34.6. The molecule has 0 spiro atoms. The SMILES string of the molecule is C[C@@H]1c2c(C(F)(F)F)nn(CC(=O)N[C@@H](Cc3cc(F)cc(F)c3)c3nc(C#CC(C)(C)O)ccc3-c3cccc4c(NC(=O)N5CCN(C)CC5)nn(C)c34)c2C(F)(F)[C@@H]1C. The van der Waals surface area contributed by atoms with Crippen LogP contribution in [0.4, 0.5) is 41.3 Å². The molecule has 12 nitrogen and oxygen atoms in total. The van der Waals surface area contributed by atoms with E-state index in [1.165, 1.54) is 25.5 Å². The maximum atomic E-state index is 15.7. The van der Waals surface area contributed by atoms with Crippen LogP contribution < -0.4 is 10.6 Å². The van der Waals surface area contributed by atoms with Crippen LogP contribution in [0.15, 0.2) is 48.5 Å². The molecule has 1 aliphatic carbocycles. The number of anilines is 1. The van der Waals surface area contributed by atoms with E-state index in [4.69, 9.17) is 4.98 Å². The van der Waals surface area contributed by atoms with Gasteiger partial charge in [-0.2, -0.15) is 32.1 Å². The fourth-order valence-corrected chi connectivity index (χ4v) is 8.01. The van der Waals surface area contributed by atoms with E-state index < -0.39 is 76.6 Å². The van der Waals surface area contributed by atoms with Crippen LogP contribution in [-0.2, 0) is 36.9 Å². The van der Waals surface area contributed by atoms with Gasteiger partial charge < -0.3 is 20.2 Å². The lowest BCUT2D eigenvalue weighted by molar-refractivity contribution is -0.143. The van der Waals surface area contributed by atoms with Crippen LogP contribution in [-0.4, -0.2) is 90.2 Å². The molecule has 328 valence electrons. The highest BCUT2D eigenvalue weighted by molar-refractivity contribution is 6.04. The van der Waals surface area contributed by atoms with Crippen LogP contribution in [0.2, 0.25) is 0 Å². The van der Waals surface area contributed by atoms with Crippen molar-refractivity contribution >= 4 is 28.7 Å². The van der Waals surface area contributed by atoms with Gasteiger partial charge in [0, 0.05) is 67.3 Å². The predicted octanol–water partition coefficient (Wildman–Crippen LogP) is 6.98. The number of benzene rings is 2. The largest absolute Gasteiger partial charge is 0.435 e. The normalized spacial score (nSPS) is 18.3. The Morgan fingerprint density at radius 3 is 2.29 bits per heavy atom. The molecule has 0 bridgehead atoms. The number of fused-ring (bicyclic) bond motifs is 2. The van der Waals surface area contributed by atoms with Crippen molar-refractivity contribution in [1.82, 2.24) is 39.7 Å². The number of hydrogen-bond donors (Lipinski definition) is 3. The van der Waals surface area contributed by atoms with Gasteiger partial charge in [0.05, 0.1) is 17.3 Å². The minimum Gasteiger partial charge on any atom is -0.378 e. The first-order valence-corrected chi connectivity index (χ1v) is 19.8. The molecule has 1 fully saturated rings. The van der Waals surface area contributed by atoms with Gasteiger partial charge in [-0.3, -0.25) is 19.5 Å². The molecule has 2 aliphatic rings. The number of amides is 3. The molecule has 3 aromatic heterocycles. The van der Waals surface area contributed by atoms with Gasteiger partial charge >= 0.3 is 12.2 Å². The van der Waals surface area contributed by atoms with E-state index in [1.807, 2.05) is 7.05 Å². The number of urea groups is 1. The molecule has 0 saturated carbocycles. The summed E-state index contributed by atoms with van der Waals surface area (Å²) in [6.07, 6.45) is -5.46. The number of para-hydroxylation sites is 1. The molecule has 3 N–H and O–H groups in total. The van der Waals surface area contributed by atoms with Crippen molar-refractivity contribution in [3.8, 4) is 23.0 Å². The van der Waals surface area contributed by atoms with Gasteiger partial charge in [-0.25, -0.2) is 18.6 Å². The zero-order valence-electron chi connectivity index (χ0n) is 34.6. The van der Waals surface area contributed by atoms with E-state index in [1.54, 1.807) is 42.3 Å².